The lowest BCUT2D eigenvalue weighted by Crippen LogP contribution is -2.07. The molecule has 102 valence electrons. The minimum Gasteiger partial charge on any atom is -0.465 e. The van der Waals surface area contributed by atoms with E-state index in [4.69, 9.17) is 0 Å². The van der Waals surface area contributed by atoms with E-state index < -0.39 is 27.2 Å². The number of methoxy groups -OCH3 is 1. The van der Waals surface area contributed by atoms with Crippen LogP contribution in [0.3, 0.4) is 0 Å². The Kier molecular flexibility index (Phi) is 3.27. The number of carbonyl (C=O) groups excluding carboxylic acids is 1. The van der Waals surface area contributed by atoms with Gasteiger partial charge < -0.3 is 9.57 Å². The first kappa shape index (κ1) is 13.5. The fourth-order valence-corrected chi connectivity index (χ4v) is 3.36. The molecule has 0 saturated heterocycles. The van der Waals surface area contributed by atoms with E-state index in [0.717, 1.165) is 19.2 Å². The van der Waals surface area contributed by atoms with Crippen LogP contribution in [-0.2, 0) is 19.4 Å². The Hall–Kier alpha value is -1.96. The van der Waals surface area contributed by atoms with Crippen LogP contribution in [0.1, 0.15) is 15.9 Å². The van der Waals surface area contributed by atoms with Gasteiger partial charge >= 0.3 is 5.97 Å². The Balaban J connectivity index is 2.70. The van der Waals surface area contributed by atoms with Gasteiger partial charge in [-0.1, -0.05) is 5.16 Å². The summed E-state index contributed by atoms with van der Waals surface area (Å²) in [4.78, 5) is 15.7. The van der Waals surface area contributed by atoms with E-state index in [2.05, 4.69) is 14.7 Å². The molecule has 8 heteroatoms. The van der Waals surface area contributed by atoms with Gasteiger partial charge in [0.1, 0.15) is 24.4 Å². The summed E-state index contributed by atoms with van der Waals surface area (Å²) in [5.74, 6) is -2.20. The number of fused-ring (bicyclic) bond motifs is 1. The molecule has 0 spiro atoms. The summed E-state index contributed by atoms with van der Waals surface area (Å²) in [6.45, 7) is 0. The largest absolute Gasteiger partial charge is 0.465 e. The van der Waals surface area contributed by atoms with E-state index in [1.54, 1.807) is 0 Å². The molecule has 0 bridgehead atoms. The molecule has 6 nitrogen and oxygen atoms in total. The molecule has 19 heavy (non-hydrogen) atoms. The molecule has 0 unspecified atom stereocenters. The summed E-state index contributed by atoms with van der Waals surface area (Å²) in [5, 5.41) is 3.55. The summed E-state index contributed by atoms with van der Waals surface area (Å²) in [6.07, 6.45) is 0. The zero-order valence-corrected chi connectivity index (χ0v) is 11.0. The lowest BCUT2D eigenvalue weighted by Gasteiger charge is -2.04. The van der Waals surface area contributed by atoms with Gasteiger partial charge in [-0.3, -0.25) is 0 Å². The second-order valence-electron chi connectivity index (χ2n) is 3.80. The zero-order valence-electron chi connectivity index (χ0n) is 10.1. The van der Waals surface area contributed by atoms with Crippen LogP contribution < -0.4 is 0 Å². The molecule has 0 aromatic heterocycles. The number of oxime groups is 1. The van der Waals surface area contributed by atoms with Gasteiger partial charge in [0.05, 0.1) is 17.6 Å². The van der Waals surface area contributed by atoms with Gasteiger partial charge in [0.25, 0.3) is 0 Å². The number of hydrogen-bond donors (Lipinski definition) is 0. The second kappa shape index (κ2) is 4.61. The summed E-state index contributed by atoms with van der Waals surface area (Å²) in [5.41, 5.74) is -0.219. The molecule has 1 aromatic carbocycles. The van der Waals surface area contributed by atoms with Crippen molar-refractivity contribution >= 4 is 21.5 Å². The number of halogens is 1. The average Bonchev–Trinajstić information content (AvgIpc) is 2.59. The maximum absolute atomic E-state index is 13.8. The number of sulfone groups is 1. The highest BCUT2D eigenvalue weighted by atomic mass is 32.2. The normalized spacial score (nSPS) is 18.2. The van der Waals surface area contributed by atoms with Crippen LogP contribution in [0.15, 0.2) is 22.2 Å². The molecule has 0 radical (unpaired) electrons. The predicted octanol–water partition coefficient (Wildman–Crippen LogP) is 0.750. The van der Waals surface area contributed by atoms with Crippen molar-refractivity contribution in [2.45, 2.75) is 4.90 Å². The van der Waals surface area contributed by atoms with Crippen LogP contribution in [0.2, 0.25) is 0 Å². The number of esters is 1. The van der Waals surface area contributed by atoms with E-state index in [0.29, 0.717) is 0 Å². The Morgan fingerprint density at radius 2 is 2.05 bits per heavy atom. The summed E-state index contributed by atoms with van der Waals surface area (Å²) in [7, 11) is -1.30. The Bertz CT molecular complexity index is 681. The second-order valence-corrected chi connectivity index (χ2v) is 5.76. The van der Waals surface area contributed by atoms with Crippen LogP contribution >= 0.6 is 0 Å². The van der Waals surface area contributed by atoms with E-state index in [-0.39, 0.29) is 21.9 Å². The van der Waals surface area contributed by atoms with Crippen molar-refractivity contribution < 1.29 is 27.2 Å². The maximum Gasteiger partial charge on any atom is 0.340 e. The van der Waals surface area contributed by atoms with Gasteiger partial charge in [0.15, 0.2) is 9.84 Å². The summed E-state index contributed by atoms with van der Waals surface area (Å²) in [6, 6.07) is 1.91. The summed E-state index contributed by atoms with van der Waals surface area (Å²) >= 11 is 0. The zero-order chi connectivity index (χ0) is 14.2. The van der Waals surface area contributed by atoms with E-state index in [1.165, 1.54) is 7.11 Å². The van der Waals surface area contributed by atoms with Crippen molar-refractivity contribution in [2.75, 3.05) is 20.0 Å². The molecular formula is C11H10FNO5S. The smallest absolute Gasteiger partial charge is 0.340 e. The van der Waals surface area contributed by atoms with Gasteiger partial charge in [-0.05, 0) is 12.1 Å². The summed E-state index contributed by atoms with van der Waals surface area (Å²) < 4.78 is 42.0. The first-order chi connectivity index (χ1) is 8.90. The molecule has 1 aromatic rings. The van der Waals surface area contributed by atoms with Crippen molar-refractivity contribution in [3.8, 4) is 0 Å². The molecule has 0 amide bonds. The molecular weight excluding hydrogens is 277 g/mol. The van der Waals surface area contributed by atoms with Crippen LogP contribution in [-0.4, -0.2) is 40.1 Å². The third-order valence-electron chi connectivity index (χ3n) is 2.65. The number of hydrogen-bond acceptors (Lipinski definition) is 6. The number of benzene rings is 1. The van der Waals surface area contributed by atoms with Crippen LogP contribution in [0, 0.1) is 5.82 Å². The minimum atomic E-state index is -3.64. The van der Waals surface area contributed by atoms with E-state index in [9.17, 15) is 17.6 Å². The van der Waals surface area contributed by atoms with Crippen molar-refractivity contribution in [2.24, 2.45) is 5.16 Å². The molecule has 0 saturated carbocycles. The van der Waals surface area contributed by atoms with Gasteiger partial charge in [0.2, 0.25) is 0 Å². The number of ether oxygens (including phenoxy) is 1. The molecule has 1 aliphatic rings. The van der Waals surface area contributed by atoms with Crippen LogP contribution in [0.25, 0.3) is 0 Å². The first-order valence-electron chi connectivity index (χ1n) is 5.15. The fraction of sp³-hybridized carbons (Fsp3) is 0.273. The molecule has 0 aliphatic carbocycles. The highest BCUT2D eigenvalue weighted by Crippen LogP contribution is 2.29. The molecule has 2 rings (SSSR count). The lowest BCUT2D eigenvalue weighted by atomic mass is 10.1. The molecule has 0 atom stereocenters. The monoisotopic (exact) mass is 287 g/mol. The van der Waals surface area contributed by atoms with Crippen molar-refractivity contribution in [1.29, 1.82) is 0 Å². The highest BCUT2D eigenvalue weighted by molar-refractivity contribution is 7.92. The maximum atomic E-state index is 13.8. The Labute approximate surface area is 108 Å². The third-order valence-corrected chi connectivity index (χ3v) is 4.31. The van der Waals surface area contributed by atoms with Gasteiger partial charge in [-0.2, -0.15) is 0 Å². The standard InChI is InChI=1S/C11H10FNO5S/c1-17-11(14)6-4-10-7(3-8(6)12)9(13-18-2)5-19(10,15)16/h3-4H,5H2,1-2H3/b13-9+. The van der Waals surface area contributed by atoms with Gasteiger partial charge in [0, 0.05) is 5.56 Å². The molecule has 1 aliphatic heterocycles. The minimum absolute atomic E-state index is 0.104. The quantitative estimate of drug-likeness (QED) is 0.455. The van der Waals surface area contributed by atoms with Gasteiger partial charge in [-0.15, -0.1) is 0 Å². The van der Waals surface area contributed by atoms with Crippen molar-refractivity contribution in [3.63, 3.8) is 0 Å². The Morgan fingerprint density at radius 3 is 2.63 bits per heavy atom. The fourth-order valence-electron chi connectivity index (χ4n) is 1.82. The first-order valence-corrected chi connectivity index (χ1v) is 6.81. The van der Waals surface area contributed by atoms with E-state index >= 15 is 0 Å². The van der Waals surface area contributed by atoms with E-state index in [1.807, 2.05) is 0 Å². The third kappa shape index (κ3) is 2.19. The van der Waals surface area contributed by atoms with Gasteiger partial charge in [-0.25, -0.2) is 17.6 Å². The highest BCUT2D eigenvalue weighted by Gasteiger charge is 2.34. The Morgan fingerprint density at radius 1 is 1.37 bits per heavy atom. The van der Waals surface area contributed by atoms with Crippen molar-refractivity contribution in [1.82, 2.24) is 0 Å². The van der Waals surface area contributed by atoms with Crippen LogP contribution in [0.5, 0.6) is 0 Å². The molecule has 0 N–H and O–H groups in total. The molecule has 1 heterocycles. The SMILES string of the molecule is CO/N=C1\CS(=O)(=O)c2cc(C(=O)OC)c(F)cc21. The number of rotatable bonds is 2. The number of nitrogens with zero attached hydrogens (tertiary/aromatic N) is 1. The topological polar surface area (TPSA) is 82.0 Å². The lowest BCUT2D eigenvalue weighted by molar-refractivity contribution is 0.0595. The van der Waals surface area contributed by atoms with Crippen LogP contribution in [0.4, 0.5) is 4.39 Å². The average molecular weight is 287 g/mol. The van der Waals surface area contributed by atoms with Crippen molar-refractivity contribution in [3.05, 3.63) is 29.1 Å². The number of carbonyl (C=O) groups is 1. The predicted molar refractivity (Wildman–Crippen MR) is 63.3 cm³/mol. The molecule has 0 fully saturated rings.